The molecule has 106 valence electrons. The molecule has 2 heterocycles. The van der Waals surface area contributed by atoms with Crippen molar-refractivity contribution < 1.29 is 4.79 Å². The van der Waals surface area contributed by atoms with Gasteiger partial charge in [-0.3, -0.25) is 4.79 Å². The number of hydrogen-bond acceptors (Lipinski definition) is 5. The van der Waals surface area contributed by atoms with E-state index < -0.39 is 0 Å². The molecular formula is C13H22N4OS. The number of nitrogens with zero attached hydrogens (tertiary/aromatic N) is 3. The topological polar surface area (TPSA) is 58.1 Å². The van der Waals surface area contributed by atoms with Gasteiger partial charge in [0.2, 0.25) is 0 Å². The number of aromatic nitrogens is 2. The molecule has 0 aliphatic carbocycles. The number of rotatable bonds is 4. The highest BCUT2D eigenvalue weighted by atomic mass is 32.1. The van der Waals surface area contributed by atoms with Crippen molar-refractivity contribution in [1.82, 2.24) is 19.8 Å². The number of carbonyl (C=O) groups is 1. The van der Waals surface area contributed by atoms with Crippen molar-refractivity contribution in [2.45, 2.75) is 32.6 Å². The van der Waals surface area contributed by atoms with E-state index in [0.29, 0.717) is 10.8 Å². The van der Waals surface area contributed by atoms with E-state index in [1.165, 1.54) is 11.5 Å². The van der Waals surface area contributed by atoms with Gasteiger partial charge in [0, 0.05) is 13.6 Å². The van der Waals surface area contributed by atoms with Gasteiger partial charge in [0.05, 0.1) is 5.69 Å². The molecule has 1 aromatic heterocycles. The average Bonchev–Trinajstić information content (AvgIpc) is 2.88. The van der Waals surface area contributed by atoms with Gasteiger partial charge in [0.25, 0.3) is 5.91 Å². The first-order chi connectivity index (χ1) is 9.09. The van der Waals surface area contributed by atoms with Crippen LogP contribution in [0.15, 0.2) is 0 Å². The van der Waals surface area contributed by atoms with Crippen LogP contribution in [0.5, 0.6) is 0 Å². The van der Waals surface area contributed by atoms with E-state index in [4.69, 9.17) is 0 Å². The molecule has 1 aliphatic heterocycles. The lowest BCUT2D eigenvalue weighted by atomic mass is 9.97. The van der Waals surface area contributed by atoms with Crippen molar-refractivity contribution in [1.29, 1.82) is 0 Å². The first-order valence-corrected chi connectivity index (χ1v) is 7.65. The van der Waals surface area contributed by atoms with Crippen molar-refractivity contribution in [3.8, 4) is 0 Å². The Morgan fingerprint density at radius 2 is 2.16 bits per heavy atom. The summed E-state index contributed by atoms with van der Waals surface area (Å²) in [5.41, 5.74) is 0.826. The number of carbonyl (C=O) groups excluding carboxylic acids is 1. The van der Waals surface area contributed by atoms with E-state index in [0.717, 1.165) is 38.2 Å². The van der Waals surface area contributed by atoms with Gasteiger partial charge in [-0.1, -0.05) is 18.3 Å². The zero-order valence-electron chi connectivity index (χ0n) is 11.8. The Morgan fingerprint density at radius 3 is 2.79 bits per heavy atom. The minimum Gasteiger partial charge on any atom is -0.341 e. The lowest BCUT2D eigenvalue weighted by Gasteiger charge is -2.27. The molecule has 19 heavy (non-hydrogen) atoms. The molecule has 0 radical (unpaired) electrons. The molecule has 1 N–H and O–H groups in total. The van der Waals surface area contributed by atoms with Crippen molar-refractivity contribution >= 4 is 17.4 Å². The quantitative estimate of drug-likeness (QED) is 0.914. The summed E-state index contributed by atoms with van der Waals surface area (Å²) in [5, 5.41) is 7.42. The Morgan fingerprint density at radius 1 is 1.47 bits per heavy atom. The second kappa shape index (κ2) is 6.43. The summed E-state index contributed by atoms with van der Waals surface area (Å²) in [6.45, 7) is 7.04. The van der Waals surface area contributed by atoms with Crippen LogP contribution in [0.25, 0.3) is 0 Å². The third kappa shape index (κ3) is 3.51. The van der Waals surface area contributed by atoms with E-state index in [-0.39, 0.29) is 11.8 Å². The van der Waals surface area contributed by atoms with Crippen LogP contribution in [0.4, 0.5) is 0 Å². The van der Waals surface area contributed by atoms with Crippen LogP contribution in [-0.4, -0.2) is 47.1 Å². The second-order valence-corrected chi connectivity index (χ2v) is 6.28. The Kier molecular flexibility index (Phi) is 4.87. The van der Waals surface area contributed by atoms with Gasteiger partial charge in [-0.25, -0.2) is 0 Å². The summed E-state index contributed by atoms with van der Waals surface area (Å²) in [5.74, 6) is 0.917. The van der Waals surface area contributed by atoms with Crippen LogP contribution in [-0.2, 0) is 0 Å². The summed E-state index contributed by atoms with van der Waals surface area (Å²) < 4.78 is 3.93. The molecule has 1 aromatic rings. The highest BCUT2D eigenvalue weighted by molar-refractivity contribution is 7.08. The van der Waals surface area contributed by atoms with Crippen molar-refractivity contribution in [2.75, 3.05) is 26.7 Å². The second-order valence-electron chi connectivity index (χ2n) is 5.52. The highest BCUT2D eigenvalue weighted by Crippen LogP contribution is 2.22. The van der Waals surface area contributed by atoms with E-state index in [1.54, 1.807) is 0 Å². The molecule has 1 fully saturated rings. The average molecular weight is 282 g/mol. The van der Waals surface area contributed by atoms with Crippen LogP contribution < -0.4 is 5.32 Å². The molecule has 2 rings (SSSR count). The minimum atomic E-state index is 0.0669. The molecule has 6 heteroatoms. The number of piperidine rings is 1. The first kappa shape index (κ1) is 14.4. The monoisotopic (exact) mass is 282 g/mol. The van der Waals surface area contributed by atoms with Gasteiger partial charge in [0.15, 0.2) is 0 Å². The number of nitrogens with one attached hydrogen (secondary N) is 1. The van der Waals surface area contributed by atoms with E-state index in [2.05, 4.69) is 14.9 Å². The fourth-order valence-corrected chi connectivity index (χ4v) is 3.25. The van der Waals surface area contributed by atoms with Gasteiger partial charge < -0.3 is 10.2 Å². The number of amides is 1. The Labute approximate surface area is 118 Å². The normalized spacial score (nSPS) is 16.8. The predicted molar refractivity (Wildman–Crippen MR) is 76.6 cm³/mol. The molecule has 0 saturated carbocycles. The molecule has 1 saturated heterocycles. The third-order valence-electron chi connectivity index (χ3n) is 3.59. The third-order valence-corrected chi connectivity index (χ3v) is 4.32. The highest BCUT2D eigenvalue weighted by Gasteiger charge is 2.24. The Balaban J connectivity index is 1.99. The summed E-state index contributed by atoms with van der Waals surface area (Å²) >= 11 is 1.21. The van der Waals surface area contributed by atoms with Gasteiger partial charge in [0.1, 0.15) is 4.88 Å². The SMILES string of the molecule is CC(C)c1nnsc1C(=O)N(C)CC1CCNCC1. The fraction of sp³-hybridized carbons (Fsp3) is 0.769. The molecule has 1 amide bonds. The zero-order chi connectivity index (χ0) is 13.8. The fourth-order valence-electron chi connectivity index (χ4n) is 2.43. The van der Waals surface area contributed by atoms with Gasteiger partial charge in [-0.15, -0.1) is 5.10 Å². The largest absolute Gasteiger partial charge is 0.341 e. The van der Waals surface area contributed by atoms with E-state index >= 15 is 0 Å². The van der Waals surface area contributed by atoms with Gasteiger partial charge >= 0.3 is 0 Å². The summed E-state index contributed by atoms with van der Waals surface area (Å²) in [7, 11) is 1.88. The maximum Gasteiger partial charge on any atom is 0.267 e. The van der Waals surface area contributed by atoms with E-state index in [1.807, 2.05) is 25.8 Å². The maximum absolute atomic E-state index is 12.4. The Bertz CT molecular complexity index is 426. The standard InChI is InChI=1S/C13H22N4OS/c1-9(2)11-12(19-16-15-11)13(18)17(3)8-10-4-6-14-7-5-10/h9-10,14H,4-8H2,1-3H3. The van der Waals surface area contributed by atoms with Crippen molar-refractivity contribution in [2.24, 2.45) is 5.92 Å². The molecule has 0 atom stereocenters. The van der Waals surface area contributed by atoms with Crippen molar-refractivity contribution in [3.63, 3.8) is 0 Å². The predicted octanol–water partition coefficient (Wildman–Crippen LogP) is 1.73. The smallest absolute Gasteiger partial charge is 0.267 e. The minimum absolute atomic E-state index is 0.0669. The molecular weight excluding hydrogens is 260 g/mol. The molecule has 0 bridgehead atoms. The maximum atomic E-state index is 12.4. The molecule has 5 nitrogen and oxygen atoms in total. The van der Waals surface area contributed by atoms with Crippen LogP contribution in [0.3, 0.4) is 0 Å². The Hall–Kier alpha value is -1.01. The van der Waals surface area contributed by atoms with Crippen molar-refractivity contribution in [3.05, 3.63) is 10.6 Å². The first-order valence-electron chi connectivity index (χ1n) is 6.88. The summed E-state index contributed by atoms with van der Waals surface area (Å²) in [4.78, 5) is 15.0. The van der Waals surface area contributed by atoms with Crippen LogP contribution in [0, 0.1) is 5.92 Å². The molecule has 0 spiro atoms. The molecule has 1 aliphatic rings. The molecule has 0 aromatic carbocycles. The van der Waals surface area contributed by atoms with Gasteiger partial charge in [-0.05, 0) is 49.3 Å². The zero-order valence-corrected chi connectivity index (χ0v) is 12.7. The lowest BCUT2D eigenvalue weighted by Crippen LogP contribution is -2.37. The summed E-state index contributed by atoms with van der Waals surface area (Å²) in [6.07, 6.45) is 2.30. The van der Waals surface area contributed by atoms with Crippen LogP contribution in [0.2, 0.25) is 0 Å². The number of hydrogen-bond donors (Lipinski definition) is 1. The summed E-state index contributed by atoms with van der Waals surface area (Å²) in [6, 6.07) is 0. The van der Waals surface area contributed by atoms with Crippen LogP contribution >= 0.6 is 11.5 Å². The molecule has 0 unspecified atom stereocenters. The van der Waals surface area contributed by atoms with Crippen LogP contribution in [0.1, 0.15) is 48.0 Å². The lowest BCUT2D eigenvalue weighted by molar-refractivity contribution is 0.0766. The van der Waals surface area contributed by atoms with E-state index in [9.17, 15) is 4.79 Å². The van der Waals surface area contributed by atoms with Gasteiger partial charge in [-0.2, -0.15) is 0 Å².